The lowest BCUT2D eigenvalue weighted by molar-refractivity contribution is 0.0207. The summed E-state index contributed by atoms with van der Waals surface area (Å²) in [6.07, 6.45) is 3.59. The molecule has 0 fully saturated rings. The van der Waals surface area contributed by atoms with Crippen LogP contribution in [0.25, 0.3) is 0 Å². The molecule has 2 bridgehead atoms. The predicted octanol–water partition coefficient (Wildman–Crippen LogP) is 4.96. The second-order valence-corrected chi connectivity index (χ2v) is 11.1. The average molecular weight is 644 g/mol. The number of hydrogen-bond acceptors (Lipinski definition) is 6. The van der Waals surface area contributed by atoms with E-state index in [2.05, 4.69) is 5.32 Å². The Labute approximate surface area is 266 Å². The Hall–Kier alpha value is -5.65. The first kappa shape index (κ1) is 31.3. The standard InChI is InChI=1S/C35H28F3N3O6/c1-20-12-13-29(47-35(45)22-10-6-3-7-11-22)28-18-40(20)34(44)30-32(46-19-21-8-4-2-5-9-21)31(42)25(17-41(28)30)33(43)39-16-24-26(37)14-23(36)15-27(24)38/h2-15,17,20,28-29H,16,18-19H2,1H3,(H,39,43)/t20-,28+,29+/m0/s1. The lowest BCUT2D eigenvalue weighted by atomic mass is 10.0. The van der Waals surface area contributed by atoms with Gasteiger partial charge in [0.25, 0.3) is 11.8 Å². The molecular formula is C35H28F3N3O6. The van der Waals surface area contributed by atoms with Crippen molar-refractivity contribution in [2.75, 3.05) is 6.54 Å². The number of benzene rings is 3. The van der Waals surface area contributed by atoms with E-state index in [9.17, 15) is 32.3 Å². The van der Waals surface area contributed by atoms with E-state index in [0.29, 0.717) is 23.3 Å². The van der Waals surface area contributed by atoms with Gasteiger partial charge in [0.2, 0.25) is 5.43 Å². The van der Waals surface area contributed by atoms with Gasteiger partial charge in [-0.1, -0.05) is 54.6 Å². The Morgan fingerprint density at radius 3 is 2.28 bits per heavy atom. The minimum Gasteiger partial charge on any atom is -0.483 e. The van der Waals surface area contributed by atoms with Crippen molar-refractivity contribution in [2.24, 2.45) is 0 Å². The van der Waals surface area contributed by atoms with E-state index in [1.165, 1.54) is 9.47 Å². The second-order valence-electron chi connectivity index (χ2n) is 11.1. The number of ether oxygens (including phenoxy) is 2. The van der Waals surface area contributed by atoms with Crippen molar-refractivity contribution in [1.29, 1.82) is 0 Å². The fourth-order valence-electron chi connectivity index (χ4n) is 5.62. The van der Waals surface area contributed by atoms with Crippen LogP contribution >= 0.6 is 0 Å². The van der Waals surface area contributed by atoms with Gasteiger partial charge in [0.05, 0.1) is 11.6 Å². The van der Waals surface area contributed by atoms with Gasteiger partial charge in [0, 0.05) is 43.0 Å². The maximum atomic E-state index is 14.3. The highest BCUT2D eigenvalue weighted by Gasteiger charge is 2.43. The number of fused-ring (bicyclic) bond motifs is 4. The zero-order valence-corrected chi connectivity index (χ0v) is 25.0. The molecule has 0 aliphatic carbocycles. The highest BCUT2D eigenvalue weighted by Crippen LogP contribution is 2.34. The number of halogens is 3. The summed E-state index contributed by atoms with van der Waals surface area (Å²) in [6, 6.07) is 16.9. The molecule has 240 valence electrons. The largest absolute Gasteiger partial charge is 0.483 e. The zero-order valence-electron chi connectivity index (χ0n) is 25.0. The Morgan fingerprint density at radius 2 is 1.60 bits per heavy atom. The minimum absolute atomic E-state index is 0.0563. The first-order valence-corrected chi connectivity index (χ1v) is 14.7. The molecular weight excluding hydrogens is 615 g/mol. The Morgan fingerprint density at radius 1 is 0.936 bits per heavy atom. The number of aromatic nitrogens is 1. The third-order valence-electron chi connectivity index (χ3n) is 8.10. The van der Waals surface area contributed by atoms with Crippen molar-refractivity contribution in [1.82, 2.24) is 14.8 Å². The van der Waals surface area contributed by atoms with E-state index in [1.807, 2.05) is 0 Å². The first-order valence-electron chi connectivity index (χ1n) is 14.7. The van der Waals surface area contributed by atoms with Gasteiger partial charge in [-0.3, -0.25) is 14.4 Å². The van der Waals surface area contributed by atoms with Gasteiger partial charge >= 0.3 is 5.97 Å². The summed E-state index contributed by atoms with van der Waals surface area (Å²) in [7, 11) is 0. The van der Waals surface area contributed by atoms with E-state index in [-0.39, 0.29) is 18.8 Å². The van der Waals surface area contributed by atoms with Gasteiger partial charge in [0.15, 0.2) is 11.4 Å². The second kappa shape index (κ2) is 13.0. The summed E-state index contributed by atoms with van der Waals surface area (Å²) in [4.78, 5) is 56.0. The fraction of sp³-hybridized carbons (Fsp3) is 0.200. The third kappa shape index (κ3) is 6.26. The summed E-state index contributed by atoms with van der Waals surface area (Å²) in [5.41, 5.74) is -1.21. The molecule has 1 N–H and O–H groups in total. The van der Waals surface area contributed by atoms with E-state index in [0.717, 1.165) is 6.20 Å². The van der Waals surface area contributed by atoms with Crippen LogP contribution in [0.2, 0.25) is 0 Å². The van der Waals surface area contributed by atoms with Gasteiger partial charge in [-0.15, -0.1) is 0 Å². The molecule has 9 nitrogen and oxygen atoms in total. The molecule has 2 amide bonds. The number of pyridine rings is 1. The molecule has 1 aromatic heterocycles. The van der Waals surface area contributed by atoms with Crippen LogP contribution in [0.4, 0.5) is 13.2 Å². The molecule has 2 aliphatic heterocycles. The smallest absolute Gasteiger partial charge is 0.338 e. The van der Waals surface area contributed by atoms with Crippen LogP contribution in [0, 0.1) is 17.5 Å². The number of nitrogens with one attached hydrogen (secondary N) is 1. The minimum atomic E-state index is -1.22. The zero-order chi connectivity index (χ0) is 33.2. The molecule has 12 heteroatoms. The normalized spacial score (nSPS) is 18.3. The molecule has 0 spiro atoms. The van der Waals surface area contributed by atoms with Crippen molar-refractivity contribution in [3.8, 4) is 5.75 Å². The van der Waals surface area contributed by atoms with Gasteiger partial charge in [-0.2, -0.15) is 0 Å². The number of carbonyl (C=O) groups is 3. The quantitative estimate of drug-likeness (QED) is 0.215. The van der Waals surface area contributed by atoms with Crippen LogP contribution in [-0.2, 0) is 17.9 Å². The molecule has 3 aromatic carbocycles. The van der Waals surface area contributed by atoms with Crippen molar-refractivity contribution in [2.45, 2.75) is 38.3 Å². The van der Waals surface area contributed by atoms with Gasteiger partial charge in [0.1, 0.15) is 35.7 Å². The molecule has 0 radical (unpaired) electrons. The van der Waals surface area contributed by atoms with Crippen LogP contribution in [0.3, 0.4) is 0 Å². The number of nitrogens with zero attached hydrogens (tertiary/aromatic N) is 2. The highest BCUT2D eigenvalue weighted by atomic mass is 19.1. The molecule has 0 saturated carbocycles. The molecule has 0 saturated heterocycles. The molecule has 3 heterocycles. The Balaban J connectivity index is 1.43. The predicted molar refractivity (Wildman–Crippen MR) is 163 cm³/mol. The van der Waals surface area contributed by atoms with E-state index >= 15 is 0 Å². The monoisotopic (exact) mass is 643 g/mol. The maximum Gasteiger partial charge on any atom is 0.338 e. The van der Waals surface area contributed by atoms with E-state index < -0.39 is 82.3 Å². The summed E-state index contributed by atoms with van der Waals surface area (Å²) in [5, 5.41) is 2.31. The van der Waals surface area contributed by atoms with Crippen molar-refractivity contribution < 1.29 is 37.0 Å². The molecule has 0 unspecified atom stereocenters. The average Bonchev–Trinajstić information content (AvgIpc) is 3.20. The first-order chi connectivity index (χ1) is 22.6. The van der Waals surface area contributed by atoms with Gasteiger partial charge in [-0.05, 0) is 30.7 Å². The molecule has 3 atom stereocenters. The van der Waals surface area contributed by atoms with Crippen LogP contribution in [0.1, 0.15) is 55.3 Å². The lowest BCUT2D eigenvalue weighted by Gasteiger charge is -2.39. The van der Waals surface area contributed by atoms with E-state index in [4.69, 9.17) is 9.47 Å². The van der Waals surface area contributed by atoms with E-state index in [1.54, 1.807) is 79.7 Å². The number of amides is 2. The van der Waals surface area contributed by atoms with Gasteiger partial charge in [-0.25, -0.2) is 18.0 Å². The Bertz CT molecular complexity index is 1920. The van der Waals surface area contributed by atoms with Crippen molar-refractivity contribution in [3.05, 3.63) is 147 Å². The van der Waals surface area contributed by atoms with Crippen molar-refractivity contribution >= 4 is 17.8 Å². The summed E-state index contributed by atoms with van der Waals surface area (Å²) >= 11 is 0. The molecule has 6 rings (SSSR count). The number of carbonyl (C=O) groups excluding carboxylic acids is 3. The fourth-order valence-corrected chi connectivity index (χ4v) is 5.62. The van der Waals surface area contributed by atoms with Gasteiger partial charge < -0.3 is 24.3 Å². The van der Waals surface area contributed by atoms with Crippen LogP contribution in [0.15, 0.2) is 95.9 Å². The number of rotatable bonds is 8. The third-order valence-corrected chi connectivity index (χ3v) is 8.10. The molecule has 4 aromatic rings. The summed E-state index contributed by atoms with van der Waals surface area (Å²) in [6.45, 7) is 1.01. The summed E-state index contributed by atoms with van der Waals surface area (Å²) in [5.74, 6) is -6.17. The highest BCUT2D eigenvalue weighted by molar-refractivity contribution is 5.99. The van der Waals surface area contributed by atoms with Crippen LogP contribution in [0.5, 0.6) is 5.75 Å². The number of hydrogen-bond donors (Lipinski definition) is 1. The topological polar surface area (TPSA) is 107 Å². The SMILES string of the molecule is C[C@H]1C=C[C@@H](OC(=O)c2ccccc2)[C@H]2CN1C(=O)c1c(OCc3ccccc3)c(=O)c(C(=O)NCc3c(F)cc(F)cc3F)cn12. The van der Waals surface area contributed by atoms with Crippen LogP contribution in [-0.4, -0.2) is 45.9 Å². The maximum absolute atomic E-state index is 14.3. The van der Waals surface area contributed by atoms with Crippen LogP contribution < -0.4 is 15.5 Å². The number of esters is 1. The molecule has 2 aliphatic rings. The lowest BCUT2D eigenvalue weighted by Crippen LogP contribution is -2.50. The van der Waals surface area contributed by atoms with Crippen molar-refractivity contribution in [3.63, 3.8) is 0 Å². The Kier molecular flexibility index (Phi) is 8.66. The molecule has 47 heavy (non-hydrogen) atoms. The summed E-state index contributed by atoms with van der Waals surface area (Å²) < 4.78 is 55.3.